The average Bonchev–Trinajstić information content (AvgIpc) is 2.37. The van der Waals surface area contributed by atoms with E-state index in [2.05, 4.69) is 5.32 Å². The van der Waals surface area contributed by atoms with E-state index in [0.29, 0.717) is 19.6 Å². The van der Waals surface area contributed by atoms with Crippen LogP contribution in [0.2, 0.25) is 0 Å². The van der Waals surface area contributed by atoms with Crippen LogP contribution in [0, 0.1) is 0 Å². The Balaban J connectivity index is 2.76. The molecule has 0 spiro atoms. The van der Waals surface area contributed by atoms with Crippen molar-refractivity contribution < 1.29 is 8.42 Å². The van der Waals surface area contributed by atoms with Crippen LogP contribution in [0.5, 0.6) is 0 Å². The fourth-order valence-corrected chi connectivity index (χ4v) is 3.24. The van der Waals surface area contributed by atoms with Crippen LogP contribution < -0.4 is 5.32 Å². The van der Waals surface area contributed by atoms with Crippen molar-refractivity contribution in [2.75, 3.05) is 25.9 Å². The molecule has 0 fully saturated rings. The minimum Gasteiger partial charge on any atom is -0.319 e. The van der Waals surface area contributed by atoms with Crippen LogP contribution in [0.4, 0.5) is 0 Å². The molecule has 0 amide bonds. The maximum Gasteiger partial charge on any atom is 0.215 e. The van der Waals surface area contributed by atoms with Crippen molar-refractivity contribution in [3.05, 3.63) is 35.9 Å². The Kier molecular flexibility index (Phi) is 6.32. The number of nitrogens with one attached hydrogen (secondary N) is 1. The largest absolute Gasteiger partial charge is 0.319 e. The van der Waals surface area contributed by atoms with Gasteiger partial charge in [0.05, 0.1) is 5.75 Å². The number of nitrogens with zero attached hydrogens (tertiary/aromatic N) is 1. The lowest BCUT2D eigenvalue weighted by Crippen LogP contribution is -2.36. The quantitative estimate of drug-likeness (QED) is 0.778. The van der Waals surface area contributed by atoms with Crippen LogP contribution in [-0.4, -0.2) is 38.6 Å². The normalized spacial score (nSPS) is 11.9. The van der Waals surface area contributed by atoms with E-state index in [9.17, 15) is 8.42 Å². The van der Waals surface area contributed by atoms with E-state index in [1.165, 1.54) is 0 Å². The maximum atomic E-state index is 12.2. The molecule has 5 heteroatoms. The molecule has 0 aromatic heterocycles. The molecule has 0 heterocycles. The van der Waals surface area contributed by atoms with E-state index in [4.69, 9.17) is 0 Å². The molecular weight excluding hydrogens is 248 g/mol. The van der Waals surface area contributed by atoms with Gasteiger partial charge >= 0.3 is 0 Å². The third-order valence-corrected chi connectivity index (χ3v) is 4.50. The Morgan fingerprint density at radius 3 is 2.44 bits per heavy atom. The first-order chi connectivity index (χ1) is 8.60. The van der Waals surface area contributed by atoms with E-state index in [-0.39, 0.29) is 5.75 Å². The Labute approximate surface area is 110 Å². The van der Waals surface area contributed by atoms with Gasteiger partial charge in [0.1, 0.15) is 0 Å². The zero-order valence-electron chi connectivity index (χ0n) is 11.1. The fourth-order valence-electron chi connectivity index (χ4n) is 1.71. The molecule has 1 aromatic rings. The summed E-state index contributed by atoms with van der Waals surface area (Å²) < 4.78 is 25.9. The molecular formula is C13H22N2O2S. The van der Waals surface area contributed by atoms with E-state index < -0.39 is 10.0 Å². The standard InChI is InChI=1S/C13H22N2O2S/c1-3-10-15(18(16,17)11-9-14-2)12-13-7-5-4-6-8-13/h4-8,14H,3,9-12H2,1-2H3. The highest BCUT2D eigenvalue weighted by Crippen LogP contribution is 2.10. The van der Waals surface area contributed by atoms with Gasteiger partial charge in [0.25, 0.3) is 0 Å². The van der Waals surface area contributed by atoms with Crippen molar-refractivity contribution in [2.45, 2.75) is 19.9 Å². The van der Waals surface area contributed by atoms with Crippen molar-refractivity contribution in [3.8, 4) is 0 Å². The summed E-state index contributed by atoms with van der Waals surface area (Å²) in [6.45, 7) is 3.50. The third-order valence-electron chi connectivity index (χ3n) is 2.68. The average molecular weight is 270 g/mol. The first kappa shape index (κ1) is 15.1. The number of sulfonamides is 1. The molecule has 0 unspecified atom stereocenters. The first-order valence-corrected chi connectivity index (χ1v) is 7.87. The summed E-state index contributed by atoms with van der Waals surface area (Å²) >= 11 is 0. The molecule has 0 aliphatic carbocycles. The van der Waals surface area contributed by atoms with Crippen LogP contribution in [-0.2, 0) is 16.6 Å². The van der Waals surface area contributed by atoms with Gasteiger partial charge in [0.2, 0.25) is 10.0 Å². The summed E-state index contributed by atoms with van der Waals surface area (Å²) in [7, 11) is -1.41. The van der Waals surface area contributed by atoms with Gasteiger partial charge in [-0.1, -0.05) is 37.3 Å². The van der Waals surface area contributed by atoms with Gasteiger partial charge in [-0.2, -0.15) is 4.31 Å². The molecule has 4 nitrogen and oxygen atoms in total. The maximum absolute atomic E-state index is 12.2. The topological polar surface area (TPSA) is 49.4 Å². The molecule has 0 saturated carbocycles. The monoisotopic (exact) mass is 270 g/mol. The minimum absolute atomic E-state index is 0.149. The zero-order valence-corrected chi connectivity index (χ0v) is 11.9. The molecule has 0 radical (unpaired) electrons. The number of rotatable bonds is 8. The highest BCUT2D eigenvalue weighted by atomic mass is 32.2. The van der Waals surface area contributed by atoms with E-state index in [1.54, 1.807) is 11.4 Å². The Morgan fingerprint density at radius 1 is 1.22 bits per heavy atom. The van der Waals surface area contributed by atoms with E-state index >= 15 is 0 Å². The lowest BCUT2D eigenvalue weighted by atomic mass is 10.2. The highest BCUT2D eigenvalue weighted by Gasteiger charge is 2.20. The van der Waals surface area contributed by atoms with Gasteiger partial charge in [-0.15, -0.1) is 0 Å². The van der Waals surface area contributed by atoms with Gasteiger partial charge in [0, 0.05) is 19.6 Å². The molecule has 1 rings (SSSR count). The smallest absolute Gasteiger partial charge is 0.215 e. The molecule has 1 aromatic carbocycles. The lowest BCUT2D eigenvalue weighted by molar-refractivity contribution is 0.405. The van der Waals surface area contributed by atoms with Crippen molar-refractivity contribution in [3.63, 3.8) is 0 Å². The van der Waals surface area contributed by atoms with Gasteiger partial charge < -0.3 is 5.32 Å². The van der Waals surface area contributed by atoms with Crippen molar-refractivity contribution in [2.24, 2.45) is 0 Å². The Bertz CT molecular complexity index is 432. The van der Waals surface area contributed by atoms with Crippen LogP contribution in [0.15, 0.2) is 30.3 Å². The zero-order chi connectivity index (χ0) is 13.4. The molecule has 0 aliphatic rings. The van der Waals surface area contributed by atoms with E-state index in [0.717, 1.165) is 12.0 Å². The summed E-state index contributed by atoms with van der Waals surface area (Å²) in [4.78, 5) is 0. The van der Waals surface area contributed by atoms with Crippen LogP contribution in [0.3, 0.4) is 0 Å². The molecule has 0 atom stereocenters. The van der Waals surface area contributed by atoms with Gasteiger partial charge in [-0.25, -0.2) is 8.42 Å². The molecule has 0 aliphatic heterocycles. The van der Waals surface area contributed by atoms with Crippen LogP contribution in [0.25, 0.3) is 0 Å². The second-order valence-electron chi connectivity index (χ2n) is 4.24. The molecule has 0 saturated heterocycles. The second kappa shape index (κ2) is 7.51. The minimum atomic E-state index is -3.17. The predicted octanol–water partition coefficient (Wildman–Crippen LogP) is 1.45. The number of benzene rings is 1. The molecule has 1 N–H and O–H groups in total. The summed E-state index contributed by atoms with van der Waals surface area (Å²) in [6, 6.07) is 9.70. The van der Waals surface area contributed by atoms with Crippen LogP contribution >= 0.6 is 0 Å². The van der Waals surface area contributed by atoms with Crippen molar-refractivity contribution >= 4 is 10.0 Å². The van der Waals surface area contributed by atoms with Crippen molar-refractivity contribution in [1.82, 2.24) is 9.62 Å². The van der Waals surface area contributed by atoms with Gasteiger partial charge in [-0.05, 0) is 19.0 Å². The van der Waals surface area contributed by atoms with Gasteiger partial charge in [0.15, 0.2) is 0 Å². The first-order valence-electron chi connectivity index (χ1n) is 6.26. The predicted molar refractivity (Wildman–Crippen MR) is 74.9 cm³/mol. The Morgan fingerprint density at radius 2 is 1.89 bits per heavy atom. The van der Waals surface area contributed by atoms with Crippen molar-refractivity contribution in [1.29, 1.82) is 0 Å². The summed E-state index contributed by atoms with van der Waals surface area (Å²) in [5, 5.41) is 2.88. The molecule has 102 valence electrons. The lowest BCUT2D eigenvalue weighted by Gasteiger charge is -2.21. The van der Waals surface area contributed by atoms with Gasteiger partial charge in [-0.3, -0.25) is 0 Å². The summed E-state index contributed by atoms with van der Waals surface area (Å²) in [5.41, 5.74) is 1.03. The van der Waals surface area contributed by atoms with E-state index in [1.807, 2.05) is 37.3 Å². The van der Waals surface area contributed by atoms with Crippen LogP contribution in [0.1, 0.15) is 18.9 Å². The third kappa shape index (κ3) is 4.76. The summed E-state index contributed by atoms with van der Waals surface area (Å²) in [5.74, 6) is 0.149. The molecule has 0 bridgehead atoms. The second-order valence-corrected chi connectivity index (χ2v) is 6.33. The molecule has 18 heavy (non-hydrogen) atoms. The SMILES string of the molecule is CCCN(Cc1ccccc1)S(=O)(=O)CCNC. The fraction of sp³-hybridized carbons (Fsp3) is 0.538. The Hall–Kier alpha value is -0.910. The summed E-state index contributed by atoms with van der Waals surface area (Å²) in [6.07, 6.45) is 0.825. The number of hydrogen-bond donors (Lipinski definition) is 1. The highest BCUT2D eigenvalue weighted by molar-refractivity contribution is 7.89. The number of hydrogen-bond acceptors (Lipinski definition) is 3.